The van der Waals surface area contributed by atoms with Gasteiger partial charge in [-0.15, -0.1) is 0 Å². The zero-order valence-electron chi connectivity index (χ0n) is 15.0. The van der Waals surface area contributed by atoms with Crippen LogP contribution in [0.25, 0.3) is 22.7 Å². The van der Waals surface area contributed by atoms with Gasteiger partial charge in [0.05, 0.1) is 0 Å². The van der Waals surface area contributed by atoms with Crippen LogP contribution < -0.4 is 24.8 Å². The Morgan fingerprint density at radius 1 is 0.963 bits per heavy atom. The molecule has 1 unspecified atom stereocenters. The molecule has 5 rings (SSSR count). The minimum atomic E-state index is -1.00. The second kappa shape index (κ2) is 8.34. The van der Waals surface area contributed by atoms with E-state index < -0.39 is 22.9 Å². The Morgan fingerprint density at radius 2 is 1.74 bits per heavy atom. The molecule has 2 aliphatic rings. The molecule has 1 heterocycles. The SMILES string of the molecule is CC1=[C]([Hf+2][CH]2C(n3ccc4ccccc43)=Cc3ccccc32)CC=C1.[Cl-].[Cl-]. The van der Waals surface area contributed by atoms with Crippen molar-refractivity contribution in [1.82, 2.24) is 4.57 Å². The first-order valence-corrected chi connectivity index (χ1v) is 12.7. The third kappa shape index (κ3) is 3.55. The molecular formula is C23H19Cl2HfN. The molecule has 0 aliphatic heterocycles. The quantitative estimate of drug-likeness (QED) is 0.400. The second-order valence-electron chi connectivity index (χ2n) is 6.79. The largest absolute Gasteiger partial charge is 1.00 e. The van der Waals surface area contributed by atoms with Crippen LogP contribution in [0.3, 0.4) is 0 Å². The van der Waals surface area contributed by atoms with Gasteiger partial charge >= 0.3 is 160 Å². The van der Waals surface area contributed by atoms with E-state index >= 15 is 0 Å². The van der Waals surface area contributed by atoms with E-state index in [9.17, 15) is 0 Å². The molecule has 0 radical (unpaired) electrons. The number of hydrogen-bond donors (Lipinski definition) is 0. The Balaban J connectivity index is 0.00000105. The average Bonchev–Trinajstić information content (AvgIpc) is 3.33. The third-order valence-electron chi connectivity index (χ3n) is 5.27. The van der Waals surface area contributed by atoms with Crippen LogP contribution >= 0.6 is 0 Å². The van der Waals surface area contributed by atoms with Gasteiger partial charge in [-0.3, -0.25) is 0 Å². The van der Waals surface area contributed by atoms with Crippen molar-refractivity contribution in [3.63, 3.8) is 0 Å². The molecule has 4 heteroatoms. The molecule has 0 spiro atoms. The summed E-state index contributed by atoms with van der Waals surface area (Å²) in [5.41, 5.74) is 7.30. The molecule has 0 N–H and O–H groups in total. The third-order valence-corrected chi connectivity index (χ3v) is 11.9. The van der Waals surface area contributed by atoms with E-state index in [0.717, 1.165) is 0 Å². The first-order chi connectivity index (χ1) is 12.3. The first-order valence-electron chi connectivity index (χ1n) is 8.81. The maximum Gasteiger partial charge on any atom is -1.00 e. The van der Waals surface area contributed by atoms with Crippen molar-refractivity contribution in [2.75, 3.05) is 0 Å². The molecule has 0 saturated heterocycles. The molecule has 3 aromatic rings. The Morgan fingerprint density at radius 3 is 2.56 bits per heavy atom. The van der Waals surface area contributed by atoms with Gasteiger partial charge < -0.3 is 24.8 Å². The van der Waals surface area contributed by atoms with E-state index in [1.165, 1.54) is 34.2 Å². The van der Waals surface area contributed by atoms with Gasteiger partial charge in [0.1, 0.15) is 0 Å². The maximum absolute atomic E-state index is 2.44. The number of halogens is 2. The van der Waals surface area contributed by atoms with Crippen molar-refractivity contribution in [2.45, 2.75) is 17.0 Å². The van der Waals surface area contributed by atoms with Gasteiger partial charge in [-0.1, -0.05) is 0 Å². The Bertz CT molecular complexity index is 1070. The molecular weight excluding hydrogens is 540 g/mol. The predicted molar refractivity (Wildman–Crippen MR) is 102 cm³/mol. The minimum Gasteiger partial charge on any atom is -1.00 e. The maximum atomic E-state index is 2.44. The number of benzene rings is 2. The van der Waals surface area contributed by atoms with E-state index in [1.54, 1.807) is 8.89 Å². The Kier molecular flexibility index (Phi) is 6.30. The monoisotopic (exact) mass is 559 g/mol. The Labute approximate surface area is 184 Å². The van der Waals surface area contributed by atoms with Gasteiger partial charge in [0.25, 0.3) is 0 Å². The van der Waals surface area contributed by atoms with Crippen LogP contribution in [-0.4, -0.2) is 4.57 Å². The van der Waals surface area contributed by atoms with Crippen LogP contribution in [0.1, 0.15) is 28.1 Å². The fraction of sp³-hybridized carbons (Fsp3) is 0.130. The predicted octanol–water partition coefficient (Wildman–Crippen LogP) is 0.0185. The number of para-hydroxylation sites is 1. The molecule has 134 valence electrons. The van der Waals surface area contributed by atoms with Crippen LogP contribution in [0, 0.1) is 0 Å². The fourth-order valence-electron chi connectivity index (χ4n) is 3.94. The van der Waals surface area contributed by atoms with Crippen molar-refractivity contribution in [3.8, 4) is 0 Å². The van der Waals surface area contributed by atoms with Crippen LogP contribution in [0.4, 0.5) is 0 Å². The zero-order chi connectivity index (χ0) is 16.8. The minimum absolute atomic E-state index is 0. The zero-order valence-corrected chi connectivity index (χ0v) is 20.1. The van der Waals surface area contributed by atoms with Gasteiger partial charge in [0, 0.05) is 0 Å². The molecule has 1 aromatic heterocycles. The number of rotatable bonds is 3. The summed E-state index contributed by atoms with van der Waals surface area (Å²) < 4.78 is 4.83. The normalized spacial score (nSPS) is 17.2. The average molecular weight is 559 g/mol. The number of nitrogens with zero attached hydrogens (tertiary/aromatic N) is 1. The molecule has 0 saturated carbocycles. The van der Waals surface area contributed by atoms with Crippen LogP contribution in [0.2, 0.25) is 0 Å². The van der Waals surface area contributed by atoms with Gasteiger partial charge in [0.2, 0.25) is 0 Å². The van der Waals surface area contributed by atoms with E-state index in [4.69, 9.17) is 0 Å². The van der Waals surface area contributed by atoms with E-state index in [0.29, 0.717) is 3.67 Å². The number of hydrogen-bond acceptors (Lipinski definition) is 0. The molecule has 2 aromatic carbocycles. The summed E-state index contributed by atoms with van der Waals surface area (Å²) in [5, 5.41) is 1.32. The smallest absolute Gasteiger partial charge is 1.00 e. The van der Waals surface area contributed by atoms with Crippen molar-refractivity contribution in [2.24, 2.45) is 0 Å². The summed E-state index contributed by atoms with van der Waals surface area (Å²) in [5.74, 6) is 0. The van der Waals surface area contributed by atoms with E-state index in [2.05, 4.69) is 90.5 Å². The van der Waals surface area contributed by atoms with Gasteiger partial charge in [0.15, 0.2) is 0 Å². The van der Waals surface area contributed by atoms with E-state index in [-0.39, 0.29) is 24.8 Å². The fourth-order valence-corrected chi connectivity index (χ4v) is 9.99. The summed E-state index contributed by atoms with van der Waals surface area (Å²) in [6.45, 7) is 2.29. The molecule has 0 fully saturated rings. The van der Waals surface area contributed by atoms with Crippen LogP contribution in [-0.2, 0) is 22.9 Å². The van der Waals surface area contributed by atoms with Gasteiger partial charge in [-0.05, 0) is 0 Å². The number of allylic oxidation sites excluding steroid dienone is 5. The standard InChI is InChI=1S/C17H12N.C6H7.2ClH.Hf/c1-2-7-15-12-16(11-14(15)6-1)18-10-9-13-5-3-4-8-17(13)18;1-6-4-2-3-5-6;;;/h1-12H;2,4H,3H2,1H3;2*1H;/q;;;;+2/p-2. The summed E-state index contributed by atoms with van der Waals surface area (Å²) in [6, 6.07) is 20.0. The molecule has 0 bridgehead atoms. The topological polar surface area (TPSA) is 4.93 Å². The number of aromatic nitrogens is 1. The summed E-state index contributed by atoms with van der Waals surface area (Å²) >= 11 is -1.00. The summed E-state index contributed by atoms with van der Waals surface area (Å²) in [6.07, 6.45) is 10.5. The van der Waals surface area contributed by atoms with Crippen molar-refractivity contribution in [1.29, 1.82) is 0 Å². The molecule has 27 heavy (non-hydrogen) atoms. The van der Waals surface area contributed by atoms with E-state index in [1.807, 2.05) is 0 Å². The van der Waals surface area contributed by atoms with Crippen LogP contribution in [0.5, 0.6) is 0 Å². The van der Waals surface area contributed by atoms with Crippen LogP contribution in [0.15, 0.2) is 81.8 Å². The Hall–Kier alpha value is -1.35. The summed E-state index contributed by atoms with van der Waals surface area (Å²) in [7, 11) is 0. The molecule has 1 atom stereocenters. The van der Waals surface area contributed by atoms with Crippen molar-refractivity contribution in [3.05, 3.63) is 93.0 Å². The molecule has 2 aliphatic carbocycles. The van der Waals surface area contributed by atoms with Gasteiger partial charge in [-0.2, -0.15) is 0 Å². The van der Waals surface area contributed by atoms with Crippen molar-refractivity contribution < 1.29 is 47.7 Å². The first kappa shape index (κ1) is 20.4. The molecule has 0 amide bonds. The van der Waals surface area contributed by atoms with Crippen molar-refractivity contribution >= 4 is 22.7 Å². The summed E-state index contributed by atoms with van der Waals surface area (Å²) in [4.78, 5) is 0. The van der Waals surface area contributed by atoms with Gasteiger partial charge in [-0.25, -0.2) is 0 Å². The second-order valence-corrected chi connectivity index (χ2v) is 12.1. The number of fused-ring (bicyclic) bond motifs is 2. The molecule has 1 nitrogen and oxygen atoms in total.